The van der Waals surface area contributed by atoms with E-state index in [1.54, 1.807) is 22.0 Å². The number of nitrogens with two attached hydrogens (primary N) is 1. The second-order valence-corrected chi connectivity index (χ2v) is 9.03. The van der Waals surface area contributed by atoms with Crippen molar-refractivity contribution >= 4 is 39.1 Å². The molecule has 4 aromatic heterocycles. The van der Waals surface area contributed by atoms with Crippen LogP contribution in [0.4, 0.5) is 4.79 Å². The third kappa shape index (κ3) is 3.34. The van der Waals surface area contributed by atoms with E-state index < -0.39 is 6.03 Å². The van der Waals surface area contributed by atoms with Gasteiger partial charge in [0.1, 0.15) is 0 Å². The second-order valence-electron chi connectivity index (χ2n) is 9.03. The number of nitrogens with one attached hydrogen (secondary N) is 1. The molecule has 7 rings (SSSR count). The topological polar surface area (TPSA) is 132 Å². The molecule has 0 saturated carbocycles. The number of nitrogens with zero attached hydrogens (tertiary/aromatic N) is 7. The van der Waals surface area contributed by atoms with E-state index in [1.807, 2.05) is 36.4 Å². The van der Waals surface area contributed by atoms with Crippen molar-refractivity contribution in [2.24, 2.45) is 5.73 Å². The minimum Gasteiger partial charge on any atom is -0.358 e. The van der Waals surface area contributed by atoms with Crippen molar-refractivity contribution in [1.29, 1.82) is 0 Å². The lowest BCUT2D eigenvalue weighted by Gasteiger charge is -2.25. The number of aromatic amines is 1. The third-order valence-corrected chi connectivity index (χ3v) is 6.81. The number of H-pyrrole nitrogens is 1. The summed E-state index contributed by atoms with van der Waals surface area (Å²) in [6, 6.07) is 15.9. The number of carbonyl (C=O) groups is 1. The molecule has 0 bridgehead atoms. The molecule has 0 aliphatic carbocycles. The molecule has 176 valence electrons. The van der Waals surface area contributed by atoms with Gasteiger partial charge in [0.15, 0.2) is 5.65 Å². The summed E-state index contributed by atoms with van der Waals surface area (Å²) < 4.78 is 1.77. The molecule has 2 aromatic carbocycles. The van der Waals surface area contributed by atoms with Crippen molar-refractivity contribution < 1.29 is 4.79 Å². The number of primary amides is 1. The highest BCUT2D eigenvalue weighted by Crippen LogP contribution is 2.31. The number of hydrogen-bond donors (Lipinski definition) is 2. The molecular weight excluding hydrogens is 454 g/mol. The lowest BCUT2D eigenvalue weighted by atomic mass is 10.0. The fourth-order valence-corrected chi connectivity index (χ4v) is 4.96. The molecule has 0 saturated heterocycles. The zero-order chi connectivity index (χ0) is 24.2. The van der Waals surface area contributed by atoms with Crippen LogP contribution in [0.3, 0.4) is 0 Å². The summed E-state index contributed by atoms with van der Waals surface area (Å²) in [7, 11) is 0. The van der Waals surface area contributed by atoms with Crippen LogP contribution in [-0.2, 0) is 19.5 Å². The molecule has 0 unspecified atom stereocenters. The van der Waals surface area contributed by atoms with E-state index in [0.717, 1.165) is 56.3 Å². The summed E-state index contributed by atoms with van der Waals surface area (Å²) in [6.07, 6.45) is 4.27. The summed E-state index contributed by atoms with van der Waals surface area (Å²) in [6.45, 7) is 1.64. The Morgan fingerprint density at radius 2 is 2.06 bits per heavy atom. The Morgan fingerprint density at radius 1 is 1.11 bits per heavy atom. The Kier molecular flexibility index (Phi) is 4.47. The van der Waals surface area contributed by atoms with E-state index in [1.165, 1.54) is 0 Å². The minimum absolute atomic E-state index is 0.397. The molecule has 2 amide bonds. The molecule has 0 atom stereocenters. The average Bonchev–Trinajstić information content (AvgIpc) is 3.48. The zero-order valence-corrected chi connectivity index (χ0v) is 19.2. The Morgan fingerprint density at radius 3 is 2.97 bits per heavy atom. The first-order valence-corrected chi connectivity index (χ1v) is 11.7. The first-order chi connectivity index (χ1) is 17.6. The van der Waals surface area contributed by atoms with Crippen molar-refractivity contribution in [1.82, 2.24) is 39.8 Å². The van der Waals surface area contributed by atoms with Gasteiger partial charge >= 0.3 is 6.03 Å². The van der Waals surface area contributed by atoms with Crippen LogP contribution in [0.15, 0.2) is 60.9 Å². The number of hydrogen-bond acceptors (Lipinski definition) is 6. The highest BCUT2D eigenvalue weighted by atomic mass is 16.2. The van der Waals surface area contributed by atoms with Gasteiger partial charge in [0.05, 0.1) is 24.0 Å². The molecule has 3 N–H and O–H groups in total. The van der Waals surface area contributed by atoms with Crippen LogP contribution in [0.25, 0.3) is 44.4 Å². The molecule has 5 heterocycles. The summed E-state index contributed by atoms with van der Waals surface area (Å²) in [4.78, 5) is 30.7. The molecular formula is C26H21N9O. The molecule has 0 spiro atoms. The maximum atomic E-state index is 11.7. The van der Waals surface area contributed by atoms with Crippen LogP contribution in [0.5, 0.6) is 0 Å². The van der Waals surface area contributed by atoms with Crippen LogP contribution >= 0.6 is 0 Å². The number of fused-ring (bicyclic) bond motifs is 5. The molecule has 0 fully saturated rings. The van der Waals surface area contributed by atoms with Gasteiger partial charge in [-0.25, -0.2) is 19.4 Å². The maximum Gasteiger partial charge on any atom is 0.315 e. The van der Waals surface area contributed by atoms with Gasteiger partial charge in [0.25, 0.3) is 0 Å². The van der Waals surface area contributed by atoms with Crippen LogP contribution < -0.4 is 5.73 Å². The van der Waals surface area contributed by atoms with Crippen molar-refractivity contribution in [2.75, 3.05) is 6.54 Å². The lowest BCUT2D eigenvalue weighted by Crippen LogP contribution is -2.39. The average molecular weight is 476 g/mol. The fraction of sp³-hybridized carbons (Fsp3) is 0.154. The number of carbonyl (C=O) groups excluding carboxylic acids is 1. The SMILES string of the molecule is NC(=O)N1CCc2[nH]c3ccc(-c4cnc5nnn(Cc6ccc7ncccc7c6)c5n4)cc3c2C1. The van der Waals surface area contributed by atoms with Crippen molar-refractivity contribution in [2.45, 2.75) is 19.5 Å². The van der Waals surface area contributed by atoms with E-state index in [0.29, 0.717) is 30.9 Å². The Hall–Kier alpha value is -4.86. The predicted octanol–water partition coefficient (Wildman–Crippen LogP) is 3.40. The Balaban J connectivity index is 1.26. The van der Waals surface area contributed by atoms with Gasteiger partial charge in [-0.05, 0) is 35.9 Å². The van der Waals surface area contributed by atoms with Crippen molar-refractivity contribution in [3.8, 4) is 11.3 Å². The molecule has 36 heavy (non-hydrogen) atoms. The molecule has 10 nitrogen and oxygen atoms in total. The van der Waals surface area contributed by atoms with E-state index in [2.05, 4.69) is 37.4 Å². The highest BCUT2D eigenvalue weighted by molar-refractivity contribution is 5.90. The van der Waals surface area contributed by atoms with Gasteiger partial charge in [-0.1, -0.05) is 23.4 Å². The lowest BCUT2D eigenvalue weighted by molar-refractivity contribution is 0.202. The first kappa shape index (κ1) is 20.5. The molecule has 10 heteroatoms. The Labute approximate surface area is 204 Å². The standard InChI is InChI=1S/C26H21N9O/c27-26(36)34-9-7-22-19(14-34)18-11-17(4-6-21(18)30-22)23-12-29-24-25(31-23)35(33-32-24)13-15-3-5-20-16(10-15)2-1-8-28-20/h1-6,8,10-12,30H,7,9,13-14H2,(H2,27,36). The number of aromatic nitrogens is 7. The first-order valence-electron chi connectivity index (χ1n) is 11.7. The summed E-state index contributed by atoms with van der Waals surface area (Å²) >= 11 is 0. The van der Waals surface area contributed by atoms with E-state index in [4.69, 9.17) is 10.7 Å². The summed E-state index contributed by atoms with van der Waals surface area (Å²) in [5, 5.41) is 10.6. The van der Waals surface area contributed by atoms with Crippen LogP contribution in [0.2, 0.25) is 0 Å². The number of amides is 2. The van der Waals surface area contributed by atoms with Crippen LogP contribution in [0.1, 0.15) is 16.8 Å². The van der Waals surface area contributed by atoms with Gasteiger partial charge < -0.3 is 15.6 Å². The van der Waals surface area contributed by atoms with Crippen molar-refractivity contribution in [3.05, 3.63) is 77.7 Å². The third-order valence-electron chi connectivity index (χ3n) is 6.81. The maximum absolute atomic E-state index is 11.7. The van der Waals surface area contributed by atoms with E-state index in [9.17, 15) is 4.79 Å². The Bertz CT molecular complexity index is 1800. The van der Waals surface area contributed by atoms with E-state index in [-0.39, 0.29) is 0 Å². The van der Waals surface area contributed by atoms with Gasteiger partial charge in [0.2, 0.25) is 5.65 Å². The molecule has 1 aliphatic rings. The fourth-order valence-electron chi connectivity index (χ4n) is 4.96. The normalized spacial score (nSPS) is 13.5. The zero-order valence-electron chi connectivity index (χ0n) is 19.2. The van der Waals surface area contributed by atoms with Crippen LogP contribution in [-0.4, -0.2) is 52.4 Å². The predicted molar refractivity (Wildman–Crippen MR) is 135 cm³/mol. The second kappa shape index (κ2) is 7.84. The number of pyridine rings is 1. The molecule has 0 radical (unpaired) electrons. The largest absolute Gasteiger partial charge is 0.358 e. The molecule has 6 aromatic rings. The number of benzene rings is 2. The summed E-state index contributed by atoms with van der Waals surface area (Å²) in [5.41, 5.74) is 13.6. The number of urea groups is 1. The van der Waals surface area contributed by atoms with Gasteiger partial charge in [-0.2, -0.15) is 0 Å². The highest BCUT2D eigenvalue weighted by Gasteiger charge is 2.23. The van der Waals surface area contributed by atoms with Crippen molar-refractivity contribution in [3.63, 3.8) is 0 Å². The van der Waals surface area contributed by atoms with Gasteiger partial charge in [0, 0.05) is 58.8 Å². The quantitative estimate of drug-likeness (QED) is 0.403. The monoisotopic (exact) mass is 475 g/mol. The van der Waals surface area contributed by atoms with Gasteiger partial charge in [-0.3, -0.25) is 4.98 Å². The van der Waals surface area contributed by atoms with Gasteiger partial charge in [-0.15, -0.1) is 5.10 Å². The van der Waals surface area contributed by atoms with E-state index >= 15 is 0 Å². The van der Waals surface area contributed by atoms with Crippen LogP contribution in [0, 0.1) is 0 Å². The summed E-state index contributed by atoms with van der Waals surface area (Å²) in [5.74, 6) is 0. The molecule has 1 aliphatic heterocycles. The smallest absolute Gasteiger partial charge is 0.315 e. The minimum atomic E-state index is -0.397. The number of rotatable bonds is 3.